The Bertz CT molecular complexity index is 687. The molecule has 1 aromatic heterocycles. The normalized spacial score (nSPS) is 11.5. The van der Waals surface area contributed by atoms with Gasteiger partial charge in [0.25, 0.3) is 0 Å². The van der Waals surface area contributed by atoms with Crippen molar-refractivity contribution in [1.82, 2.24) is 4.98 Å². The van der Waals surface area contributed by atoms with Crippen LogP contribution in [0.2, 0.25) is 5.02 Å². The third-order valence-electron chi connectivity index (χ3n) is 3.10. The van der Waals surface area contributed by atoms with Crippen molar-refractivity contribution in [3.63, 3.8) is 0 Å². The first kappa shape index (κ1) is 15.1. The molecular weight excluding hydrogens is 290 g/mol. The minimum atomic E-state index is -0.0414. The third kappa shape index (κ3) is 3.25. The number of aryl methyl sites for hydroxylation is 2. The van der Waals surface area contributed by atoms with Gasteiger partial charge in [-0.2, -0.15) is 0 Å². The molecule has 0 radical (unpaired) electrons. The Labute approximate surface area is 128 Å². The molecular formula is C15H16ClN3O2. The van der Waals surface area contributed by atoms with Crippen molar-refractivity contribution in [3.8, 4) is 11.6 Å². The van der Waals surface area contributed by atoms with Gasteiger partial charge < -0.3 is 15.7 Å². The molecule has 0 amide bonds. The van der Waals surface area contributed by atoms with Crippen LogP contribution in [0.15, 0.2) is 35.6 Å². The average molecular weight is 306 g/mol. The zero-order valence-corrected chi connectivity index (χ0v) is 12.6. The summed E-state index contributed by atoms with van der Waals surface area (Å²) < 4.78 is 5.77. The lowest BCUT2D eigenvalue weighted by atomic mass is 10.1. The van der Waals surface area contributed by atoms with Crippen LogP contribution in [0, 0.1) is 6.92 Å². The lowest BCUT2D eigenvalue weighted by Gasteiger charge is -2.12. The van der Waals surface area contributed by atoms with Crippen LogP contribution in [0.25, 0.3) is 0 Å². The van der Waals surface area contributed by atoms with Crippen molar-refractivity contribution in [2.24, 2.45) is 10.9 Å². The number of ether oxygens (including phenoxy) is 1. The molecule has 110 valence electrons. The molecule has 0 saturated carbocycles. The Balaban J connectivity index is 2.43. The van der Waals surface area contributed by atoms with Gasteiger partial charge in [-0.25, -0.2) is 4.98 Å². The maximum Gasteiger partial charge on any atom is 0.230 e. The first-order valence-corrected chi connectivity index (χ1v) is 6.84. The first-order valence-electron chi connectivity index (χ1n) is 6.46. The number of hydrogen-bond donors (Lipinski definition) is 2. The highest BCUT2D eigenvalue weighted by Crippen LogP contribution is 2.28. The molecule has 2 aromatic rings. The Kier molecular flexibility index (Phi) is 4.65. The van der Waals surface area contributed by atoms with Gasteiger partial charge in [0.05, 0.1) is 5.56 Å². The summed E-state index contributed by atoms with van der Waals surface area (Å²) in [6.07, 6.45) is 2.40. The molecule has 0 aliphatic heterocycles. The summed E-state index contributed by atoms with van der Waals surface area (Å²) in [6.45, 7) is 3.85. The number of hydrogen-bond acceptors (Lipinski definition) is 4. The Morgan fingerprint density at radius 3 is 2.86 bits per heavy atom. The topological polar surface area (TPSA) is 80.7 Å². The molecule has 21 heavy (non-hydrogen) atoms. The molecule has 1 aromatic carbocycles. The van der Waals surface area contributed by atoms with Gasteiger partial charge in [-0.15, -0.1) is 0 Å². The number of halogens is 1. The van der Waals surface area contributed by atoms with Crippen molar-refractivity contribution in [2.75, 3.05) is 0 Å². The number of aromatic nitrogens is 1. The molecule has 0 saturated heterocycles. The monoisotopic (exact) mass is 305 g/mol. The van der Waals surface area contributed by atoms with Crippen LogP contribution < -0.4 is 10.5 Å². The van der Waals surface area contributed by atoms with E-state index in [0.717, 1.165) is 17.5 Å². The summed E-state index contributed by atoms with van der Waals surface area (Å²) in [5, 5.41) is 12.6. The fourth-order valence-corrected chi connectivity index (χ4v) is 2.22. The second kappa shape index (κ2) is 6.45. The van der Waals surface area contributed by atoms with E-state index in [9.17, 15) is 0 Å². The molecule has 6 heteroatoms. The van der Waals surface area contributed by atoms with Crippen molar-refractivity contribution in [2.45, 2.75) is 20.3 Å². The fraction of sp³-hybridized carbons (Fsp3) is 0.200. The Morgan fingerprint density at radius 1 is 1.43 bits per heavy atom. The van der Waals surface area contributed by atoms with Crippen LogP contribution >= 0.6 is 11.6 Å². The van der Waals surface area contributed by atoms with E-state index in [2.05, 4.69) is 10.1 Å². The highest BCUT2D eigenvalue weighted by atomic mass is 35.5. The molecule has 0 spiro atoms. The molecule has 0 atom stereocenters. The number of nitrogens with two attached hydrogens (primary N) is 1. The number of benzene rings is 1. The second-order valence-corrected chi connectivity index (χ2v) is 4.91. The predicted molar refractivity (Wildman–Crippen MR) is 82.4 cm³/mol. The number of rotatable bonds is 4. The van der Waals surface area contributed by atoms with E-state index in [1.54, 1.807) is 24.4 Å². The van der Waals surface area contributed by atoms with Crippen LogP contribution in [0.4, 0.5) is 0 Å². The maximum atomic E-state index is 8.88. The summed E-state index contributed by atoms with van der Waals surface area (Å²) in [4.78, 5) is 4.15. The number of oxime groups is 1. The Hall–Kier alpha value is -2.27. The van der Waals surface area contributed by atoms with E-state index in [0.29, 0.717) is 16.3 Å². The van der Waals surface area contributed by atoms with Gasteiger partial charge in [-0.05, 0) is 48.7 Å². The third-order valence-corrected chi connectivity index (χ3v) is 3.47. The van der Waals surface area contributed by atoms with E-state index in [4.69, 9.17) is 27.3 Å². The van der Waals surface area contributed by atoms with Crippen LogP contribution in [-0.4, -0.2) is 16.0 Å². The Morgan fingerprint density at radius 2 is 2.19 bits per heavy atom. The summed E-state index contributed by atoms with van der Waals surface area (Å²) >= 11 is 6.09. The molecule has 0 aliphatic carbocycles. The first-order chi connectivity index (χ1) is 10.1. The van der Waals surface area contributed by atoms with Crippen molar-refractivity contribution in [1.29, 1.82) is 0 Å². The van der Waals surface area contributed by atoms with E-state index in [1.807, 2.05) is 19.9 Å². The van der Waals surface area contributed by atoms with E-state index in [-0.39, 0.29) is 11.7 Å². The zero-order chi connectivity index (χ0) is 15.4. The van der Waals surface area contributed by atoms with Crippen molar-refractivity contribution in [3.05, 3.63) is 52.2 Å². The van der Waals surface area contributed by atoms with Crippen LogP contribution in [0.3, 0.4) is 0 Å². The van der Waals surface area contributed by atoms with Crippen molar-refractivity contribution >= 4 is 17.4 Å². The highest BCUT2D eigenvalue weighted by Gasteiger charge is 2.14. The summed E-state index contributed by atoms with van der Waals surface area (Å²) in [7, 11) is 0. The van der Waals surface area contributed by atoms with E-state index in [1.165, 1.54) is 0 Å². The maximum absolute atomic E-state index is 8.88. The van der Waals surface area contributed by atoms with Gasteiger partial charge in [0.2, 0.25) is 5.88 Å². The fourth-order valence-electron chi connectivity index (χ4n) is 1.97. The predicted octanol–water partition coefficient (Wildman–Crippen LogP) is 3.49. The van der Waals surface area contributed by atoms with E-state index < -0.39 is 0 Å². The van der Waals surface area contributed by atoms with E-state index >= 15 is 0 Å². The minimum Gasteiger partial charge on any atom is -0.438 e. The van der Waals surface area contributed by atoms with Crippen LogP contribution in [-0.2, 0) is 6.42 Å². The van der Waals surface area contributed by atoms with Crippen molar-refractivity contribution < 1.29 is 9.94 Å². The number of amidine groups is 1. The minimum absolute atomic E-state index is 0.0414. The van der Waals surface area contributed by atoms with Crippen LogP contribution in [0.1, 0.15) is 23.6 Å². The number of pyridine rings is 1. The largest absolute Gasteiger partial charge is 0.438 e. The summed E-state index contributed by atoms with van der Waals surface area (Å²) in [5.41, 5.74) is 7.94. The van der Waals surface area contributed by atoms with Gasteiger partial charge in [0, 0.05) is 11.2 Å². The molecule has 3 N–H and O–H groups in total. The average Bonchev–Trinajstić information content (AvgIpc) is 2.48. The smallest absolute Gasteiger partial charge is 0.230 e. The molecule has 2 rings (SSSR count). The molecule has 1 heterocycles. The summed E-state index contributed by atoms with van der Waals surface area (Å²) in [6, 6.07) is 7.14. The zero-order valence-electron chi connectivity index (χ0n) is 11.8. The number of nitrogens with zero attached hydrogens (tertiary/aromatic N) is 2. The second-order valence-electron chi connectivity index (χ2n) is 4.50. The SMILES string of the molecule is CCc1cc(Oc2nccc(C)c2/C(N)=N/O)ccc1Cl. The van der Waals surface area contributed by atoms with Gasteiger partial charge in [0.1, 0.15) is 5.75 Å². The van der Waals surface area contributed by atoms with Gasteiger partial charge >= 0.3 is 0 Å². The molecule has 0 bridgehead atoms. The quantitative estimate of drug-likeness (QED) is 0.392. The van der Waals surface area contributed by atoms with Gasteiger partial charge in [-0.1, -0.05) is 23.7 Å². The lowest BCUT2D eigenvalue weighted by molar-refractivity contribution is 0.318. The molecule has 0 unspecified atom stereocenters. The van der Waals surface area contributed by atoms with Gasteiger partial charge in [-0.3, -0.25) is 0 Å². The molecule has 0 aliphatic rings. The van der Waals surface area contributed by atoms with Crippen LogP contribution in [0.5, 0.6) is 11.6 Å². The molecule has 5 nitrogen and oxygen atoms in total. The van der Waals surface area contributed by atoms with Gasteiger partial charge in [0.15, 0.2) is 5.84 Å². The standard InChI is InChI=1S/C15H16ClN3O2/c1-3-10-8-11(4-5-12(10)16)21-15-13(14(17)19-20)9(2)6-7-18-15/h4-8,20H,3H2,1-2H3,(H2,17,19). The molecule has 0 fully saturated rings. The highest BCUT2D eigenvalue weighted by molar-refractivity contribution is 6.31. The summed E-state index contributed by atoms with van der Waals surface area (Å²) in [5.74, 6) is 0.844. The lowest BCUT2D eigenvalue weighted by Crippen LogP contribution is -2.16.